The molecule has 0 saturated carbocycles. The van der Waals surface area contributed by atoms with Gasteiger partial charge in [-0.2, -0.15) is 0 Å². The molecule has 0 heterocycles. The van der Waals surface area contributed by atoms with Crippen LogP contribution in [0.25, 0.3) is 0 Å². The Morgan fingerprint density at radius 2 is 1.50 bits per heavy atom. The van der Waals surface area contributed by atoms with Gasteiger partial charge in [0.2, 0.25) is 0 Å². The van der Waals surface area contributed by atoms with Crippen LogP contribution < -0.4 is 5.32 Å². The standard InChI is InChI=1S/C24H25F2NO2S/c1-18-12-14-21(15-13-18)30(29)22(20-10-6-3-7-11-20)24(28,23(25)26)17-27-16-19-8-4-2-5-9-19/h2-15,22-23,27-28H,16-17H2,1H3/t22-,24+,30?/m0/s1. The summed E-state index contributed by atoms with van der Waals surface area (Å²) in [7, 11) is -1.89. The predicted octanol–water partition coefficient (Wildman–Crippen LogP) is 4.63. The van der Waals surface area contributed by atoms with Crippen molar-refractivity contribution in [3.05, 3.63) is 102 Å². The van der Waals surface area contributed by atoms with E-state index in [2.05, 4.69) is 5.32 Å². The summed E-state index contributed by atoms with van der Waals surface area (Å²) in [5.41, 5.74) is -0.238. The lowest BCUT2D eigenvalue weighted by Crippen LogP contribution is -2.52. The van der Waals surface area contributed by atoms with E-state index < -0.39 is 34.6 Å². The van der Waals surface area contributed by atoms with Crippen LogP contribution in [0.3, 0.4) is 0 Å². The molecule has 0 radical (unpaired) electrons. The molecule has 0 amide bonds. The van der Waals surface area contributed by atoms with E-state index in [0.717, 1.165) is 11.1 Å². The van der Waals surface area contributed by atoms with Crippen molar-refractivity contribution in [3.63, 3.8) is 0 Å². The van der Waals surface area contributed by atoms with Gasteiger partial charge in [0.15, 0.2) is 5.60 Å². The Hall–Kier alpha value is -2.41. The Kier molecular flexibility index (Phi) is 7.48. The van der Waals surface area contributed by atoms with Gasteiger partial charge in [-0.25, -0.2) is 8.78 Å². The smallest absolute Gasteiger partial charge is 0.269 e. The number of aliphatic hydroxyl groups is 1. The Balaban J connectivity index is 1.93. The Labute approximate surface area is 178 Å². The van der Waals surface area contributed by atoms with Crippen molar-refractivity contribution in [2.24, 2.45) is 0 Å². The second-order valence-electron chi connectivity index (χ2n) is 7.28. The van der Waals surface area contributed by atoms with Crippen molar-refractivity contribution in [1.82, 2.24) is 5.32 Å². The molecule has 3 atom stereocenters. The number of halogens is 2. The molecular formula is C24H25F2NO2S. The van der Waals surface area contributed by atoms with Crippen LogP contribution in [0.4, 0.5) is 8.78 Å². The summed E-state index contributed by atoms with van der Waals surface area (Å²) in [6.07, 6.45) is -3.10. The molecule has 158 valence electrons. The van der Waals surface area contributed by atoms with Crippen LogP contribution in [0, 0.1) is 6.92 Å². The maximum atomic E-state index is 14.3. The average molecular weight is 430 g/mol. The Morgan fingerprint density at radius 1 is 0.933 bits per heavy atom. The quantitative estimate of drug-likeness (QED) is 0.521. The zero-order chi connectivity index (χ0) is 21.6. The molecule has 0 aliphatic heterocycles. The molecule has 3 nitrogen and oxygen atoms in total. The van der Waals surface area contributed by atoms with E-state index in [4.69, 9.17) is 0 Å². The van der Waals surface area contributed by atoms with Crippen LogP contribution in [0.5, 0.6) is 0 Å². The Bertz CT molecular complexity index is 952. The third-order valence-corrected chi connectivity index (χ3v) is 6.83. The highest BCUT2D eigenvalue weighted by Crippen LogP contribution is 2.38. The van der Waals surface area contributed by atoms with Crippen LogP contribution in [0.2, 0.25) is 0 Å². The molecule has 2 N–H and O–H groups in total. The van der Waals surface area contributed by atoms with Gasteiger partial charge in [0.1, 0.15) is 0 Å². The fraction of sp³-hybridized carbons (Fsp3) is 0.250. The van der Waals surface area contributed by atoms with Crippen LogP contribution in [0.1, 0.15) is 21.9 Å². The average Bonchev–Trinajstić information content (AvgIpc) is 2.75. The molecule has 0 bridgehead atoms. The first-order valence-corrected chi connectivity index (χ1v) is 10.9. The third-order valence-electron chi connectivity index (χ3n) is 4.98. The van der Waals surface area contributed by atoms with E-state index in [0.29, 0.717) is 17.0 Å². The molecule has 30 heavy (non-hydrogen) atoms. The van der Waals surface area contributed by atoms with Crippen molar-refractivity contribution < 1.29 is 18.1 Å². The first-order valence-electron chi connectivity index (χ1n) is 9.69. The molecule has 6 heteroatoms. The Morgan fingerprint density at radius 3 is 2.07 bits per heavy atom. The van der Waals surface area contributed by atoms with Crippen molar-refractivity contribution in [3.8, 4) is 0 Å². The van der Waals surface area contributed by atoms with Crippen LogP contribution in [-0.2, 0) is 17.3 Å². The highest BCUT2D eigenvalue weighted by molar-refractivity contribution is 7.85. The summed E-state index contributed by atoms with van der Waals surface area (Å²) in [5, 5.41) is 12.8. The van der Waals surface area contributed by atoms with Gasteiger partial charge in [-0.05, 0) is 30.2 Å². The molecule has 0 aliphatic rings. The lowest BCUT2D eigenvalue weighted by Gasteiger charge is -2.35. The number of nitrogens with one attached hydrogen (secondary N) is 1. The molecular weight excluding hydrogens is 404 g/mol. The summed E-state index contributed by atoms with van der Waals surface area (Å²) in [4.78, 5) is 0.400. The van der Waals surface area contributed by atoms with Gasteiger partial charge in [-0.3, -0.25) is 4.21 Å². The summed E-state index contributed by atoms with van der Waals surface area (Å²) in [6, 6.07) is 24.6. The SMILES string of the molecule is Cc1ccc(S(=O)[C@@H](c2ccccc2)[C@](O)(CNCc2ccccc2)C(F)F)cc1. The first-order chi connectivity index (χ1) is 14.4. The summed E-state index contributed by atoms with van der Waals surface area (Å²) >= 11 is 0. The first kappa shape index (κ1) is 22.3. The number of alkyl halides is 2. The maximum Gasteiger partial charge on any atom is 0.269 e. The maximum absolute atomic E-state index is 14.3. The van der Waals surface area contributed by atoms with E-state index in [9.17, 15) is 18.1 Å². The summed E-state index contributed by atoms with van der Waals surface area (Å²) < 4.78 is 42.0. The van der Waals surface area contributed by atoms with Crippen LogP contribution in [0.15, 0.2) is 89.8 Å². The van der Waals surface area contributed by atoms with Crippen molar-refractivity contribution in [2.45, 2.75) is 35.6 Å². The molecule has 0 aromatic heterocycles. The lowest BCUT2D eigenvalue weighted by atomic mass is 9.93. The molecule has 0 aliphatic carbocycles. The topological polar surface area (TPSA) is 49.3 Å². The zero-order valence-electron chi connectivity index (χ0n) is 16.7. The van der Waals surface area contributed by atoms with Gasteiger partial charge < -0.3 is 10.4 Å². The fourth-order valence-electron chi connectivity index (χ4n) is 3.32. The molecule has 0 saturated heterocycles. The molecule has 0 spiro atoms. The summed E-state index contributed by atoms with van der Waals surface area (Å²) in [6.45, 7) is 1.80. The van der Waals surface area contributed by atoms with Crippen molar-refractivity contribution in [2.75, 3.05) is 6.54 Å². The predicted molar refractivity (Wildman–Crippen MR) is 116 cm³/mol. The molecule has 3 aromatic carbocycles. The van der Waals surface area contributed by atoms with Crippen molar-refractivity contribution in [1.29, 1.82) is 0 Å². The highest BCUT2D eigenvalue weighted by atomic mass is 32.2. The highest BCUT2D eigenvalue weighted by Gasteiger charge is 2.49. The normalized spacial score (nSPS) is 15.5. The van der Waals surface area contributed by atoms with E-state index >= 15 is 0 Å². The van der Waals surface area contributed by atoms with E-state index in [1.807, 2.05) is 37.3 Å². The minimum absolute atomic E-state index is 0.314. The fourth-order valence-corrected chi connectivity index (χ4v) is 4.96. The van der Waals surface area contributed by atoms with Gasteiger partial charge >= 0.3 is 0 Å². The second kappa shape index (κ2) is 10.1. The third kappa shape index (κ3) is 5.19. The molecule has 3 rings (SSSR count). The van der Waals surface area contributed by atoms with Gasteiger partial charge in [0.25, 0.3) is 6.43 Å². The number of rotatable bonds is 9. The van der Waals surface area contributed by atoms with Crippen LogP contribution >= 0.6 is 0 Å². The summed E-state index contributed by atoms with van der Waals surface area (Å²) in [5.74, 6) is 0. The zero-order valence-corrected chi connectivity index (χ0v) is 17.5. The monoisotopic (exact) mass is 429 g/mol. The molecule has 1 unspecified atom stereocenters. The van der Waals surface area contributed by atoms with E-state index in [1.165, 1.54) is 0 Å². The number of benzene rings is 3. The lowest BCUT2D eigenvalue weighted by molar-refractivity contribution is -0.0961. The number of aryl methyl sites for hydroxylation is 1. The molecule has 3 aromatic rings. The van der Waals surface area contributed by atoms with E-state index in [1.54, 1.807) is 54.6 Å². The minimum Gasteiger partial charge on any atom is -0.381 e. The van der Waals surface area contributed by atoms with Gasteiger partial charge in [0.05, 0.1) is 16.0 Å². The number of hydrogen-bond acceptors (Lipinski definition) is 3. The largest absolute Gasteiger partial charge is 0.381 e. The van der Waals surface area contributed by atoms with Gasteiger partial charge in [-0.15, -0.1) is 0 Å². The second-order valence-corrected chi connectivity index (χ2v) is 8.82. The van der Waals surface area contributed by atoms with Gasteiger partial charge in [-0.1, -0.05) is 78.4 Å². The minimum atomic E-state index is -3.10. The van der Waals surface area contributed by atoms with Crippen LogP contribution in [-0.4, -0.2) is 27.9 Å². The number of hydrogen-bond donors (Lipinski definition) is 2. The van der Waals surface area contributed by atoms with Crippen molar-refractivity contribution >= 4 is 10.8 Å². The van der Waals surface area contributed by atoms with Gasteiger partial charge in [0, 0.05) is 18.0 Å². The van der Waals surface area contributed by atoms with E-state index in [-0.39, 0.29) is 0 Å². The molecule has 0 fully saturated rings.